The van der Waals surface area contributed by atoms with Crippen molar-refractivity contribution in [2.24, 2.45) is 0 Å². The second-order valence-electron chi connectivity index (χ2n) is 6.30. The van der Waals surface area contributed by atoms with Gasteiger partial charge in [-0.1, -0.05) is 29.8 Å². The molecule has 27 heavy (non-hydrogen) atoms. The quantitative estimate of drug-likeness (QED) is 0.756. The Morgan fingerprint density at radius 2 is 1.74 bits per heavy atom. The van der Waals surface area contributed by atoms with Crippen LogP contribution in [-0.2, 0) is 20.6 Å². The third-order valence-electron chi connectivity index (χ3n) is 3.98. The molecular formula is C19H22N2O5S. The van der Waals surface area contributed by atoms with Gasteiger partial charge in [0.1, 0.15) is 13.2 Å². The Kier molecular flexibility index (Phi) is 5.98. The van der Waals surface area contributed by atoms with E-state index in [0.29, 0.717) is 36.0 Å². The number of fused-ring (bicyclic) bond motifs is 1. The summed E-state index contributed by atoms with van der Waals surface area (Å²) < 4.78 is 37.6. The van der Waals surface area contributed by atoms with Crippen molar-refractivity contribution in [3.8, 4) is 11.5 Å². The summed E-state index contributed by atoms with van der Waals surface area (Å²) in [6.45, 7) is 2.94. The summed E-state index contributed by atoms with van der Waals surface area (Å²) in [6, 6.07) is 12.4. The Hall–Kier alpha value is -2.58. The first-order valence-electron chi connectivity index (χ1n) is 8.64. The minimum atomic E-state index is -3.49. The molecule has 1 heterocycles. The zero-order valence-corrected chi connectivity index (χ0v) is 15.8. The minimum absolute atomic E-state index is 0.0293. The molecule has 144 valence electrons. The first-order chi connectivity index (χ1) is 12.9. The fourth-order valence-electron chi connectivity index (χ4n) is 2.62. The molecule has 1 aliphatic rings. The summed E-state index contributed by atoms with van der Waals surface area (Å²) in [4.78, 5) is 12.0. The number of rotatable bonds is 7. The lowest BCUT2D eigenvalue weighted by Gasteiger charge is -2.19. The third-order valence-corrected chi connectivity index (χ3v) is 5.33. The number of ether oxygens (including phenoxy) is 2. The standard InChI is InChI=1S/C19H22N2O5S/c1-14-2-4-15(5-3-14)13-27(23,24)20-9-8-19(22)21-16-6-7-17-18(12-16)26-11-10-25-17/h2-7,12,20H,8-11,13H2,1H3,(H,21,22). The van der Waals surface area contributed by atoms with Crippen molar-refractivity contribution in [1.82, 2.24) is 4.72 Å². The van der Waals surface area contributed by atoms with E-state index in [0.717, 1.165) is 5.56 Å². The van der Waals surface area contributed by atoms with Crippen LogP contribution in [0.1, 0.15) is 17.5 Å². The fraction of sp³-hybridized carbons (Fsp3) is 0.316. The Balaban J connectivity index is 1.47. The van der Waals surface area contributed by atoms with Gasteiger partial charge in [-0.05, 0) is 24.6 Å². The predicted molar refractivity (Wildman–Crippen MR) is 102 cm³/mol. The molecule has 7 nitrogen and oxygen atoms in total. The van der Waals surface area contributed by atoms with Crippen molar-refractivity contribution < 1.29 is 22.7 Å². The fourth-order valence-corrected chi connectivity index (χ4v) is 3.77. The van der Waals surface area contributed by atoms with E-state index in [-0.39, 0.29) is 24.6 Å². The van der Waals surface area contributed by atoms with Gasteiger partial charge in [-0.25, -0.2) is 13.1 Å². The lowest BCUT2D eigenvalue weighted by Crippen LogP contribution is -2.28. The summed E-state index contributed by atoms with van der Waals surface area (Å²) in [7, 11) is -3.49. The number of carbonyl (C=O) groups excluding carboxylic acids is 1. The van der Waals surface area contributed by atoms with Gasteiger partial charge in [-0.2, -0.15) is 0 Å². The van der Waals surface area contributed by atoms with Gasteiger partial charge in [0.05, 0.1) is 5.75 Å². The van der Waals surface area contributed by atoms with Gasteiger partial charge in [-0.15, -0.1) is 0 Å². The molecule has 0 atom stereocenters. The van der Waals surface area contributed by atoms with Crippen LogP contribution in [0.15, 0.2) is 42.5 Å². The molecule has 1 aliphatic heterocycles. The first-order valence-corrected chi connectivity index (χ1v) is 10.3. The van der Waals surface area contributed by atoms with Crippen LogP contribution < -0.4 is 19.5 Å². The highest BCUT2D eigenvalue weighted by Crippen LogP contribution is 2.32. The summed E-state index contributed by atoms with van der Waals surface area (Å²) in [6.07, 6.45) is 0.0293. The van der Waals surface area contributed by atoms with Crippen molar-refractivity contribution in [2.75, 3.05) is 25.1 Å². The zero-order chi connectivity index (χ0) is 19.3. The van der Waals surface area contributed by atoms with E-state index in [1.54, 1.807) is 30.3 Å². The van der Waals surface area contributed by atoms with Crippen LogP contribution in [0.2, 0.25) is 0 Å². The molecule has 3 rings (SSSR count). The van der Waals surface area contributed by atoms with Crippen LogP contribution in [0.4, 0.5) is 5.69 Å². The average molecular weight is 390 g/mol. The van der Waals surface area contributed by atoms with E-state index in [2.05, 4.69) is 10.0 Å². The number of benzene rings is 2. The van der Waals surface area contributed by atoms with Crippen molar-refractivity contribution in [2.45, 2.75) is 19.1 Å². The Labute approximate surface area is 158 Å². The minimum Gasteiger partial charge on any atom is -0.486 e. The topological polar surface area (TPSA) is 93.7 Å². The number of hydrogen-bond acceptors (Lipinski definition) is 5. The zero-order valence-electron chi connectivity index (χ0n) is 15.0. The van der Waals surface area contributed by atoms with Crippen LogP contribution >= 0.6 is 0 Å². The lowest BCUT2D eigenvalue weighted by atomic mass is 10.2. The SMILES string of the molecule is Cc1ccc(CS(=O)(=O)NCCC(=O)Nc2ccc3c(c2)OCCO3)cc1. The molecule has 2 aromatic carbocycles. The van der Waals surface area contributed by atoms with E-state index in [4.69, 9.17) is 9.47 Å². The van der Waals surface area contributed by atoms with E-state index in [9.17, 15) is 13.2 Å². The maximum Gasteiger partial charge on any atom is 0.225 e. The normalized spacial score (nSPS) is 13.2. The van der Waals surface area contributed by atoms with Crippen molar-refractivity contribution in [3.05, 3.63) is 53.6 Å². The van der Waals surface area contributed by atoms with Crippen molar-refractivity contribution >= 4 is 21.6 Å². The summed E-state index contributed by atoms with van der Waals surface area (Å²) >= 11 is 0. The van der Waals surface area contributed by atoms with E-state index in [1.165, 1.54) is 0 Å². The molecular weight excluding hydrogens is 368 g/mol. The maximum atomic E-state index is 12.1. The summed E-state index contributed by atoms with van der Waals surface area (Å²) in [5.41, 5.74) is 2.35. The first kappa shape index (κ1) is 19.2. The van der Waals surface area contributed by atoms with E-state index < -0.39 is 10.0 Å². The lowest BCUT2D eigenvalue weighted by molar-refractivity contribution is -0.116. The van der Waals surface area contributed by atoms with Crippen molar-refractivity contribution in [3.63, 3.8) is 0 Å². The highest BCUT2D eigenvalue weighted by molar-refractivity contribution is 7.88. The van der Waals surface area contributed by atoms with Crippen LogP contribution in [0, 0.1) is 6.92 Å². The molecule has 0 saturated carbocycles. The van der Waals surface area contributed by atoms with Gasteiger partial charge in [-0.3, -0.25) is 4.79 Å². The van der Waals surface area contributed by atoms with Gasteiger partial charge in [0.2, 0.25) is 15.9 Å². The Morgan fingerprint density at radius 1 is 1.04 bits per heavy atom. The predicted octanol–water partition coefficient (Wildman–Crippen LogP) is 2.21. The average Bonchev–Trinajstić information content (AvgIpc) is 2.63. The molecule has 2 N–H and O–H groups in total. The number of amides is 1. The number of sulfonamides is 1. The van der Waals surface area contributed by atoms with Gasteiger partial charge in [0, 0.05) is 24.7 Å². The van der Waals surface area contributed by atoms with Crippen LogP contribution in [-0.4, -0.2) is 34.1 Å². The number of hydrogen-bond donors (Lipinski definition) is 2. The largest absolute Gasteiger partial charge is 0.486 e. The number of carbonyl (C=O) groups is 1. The van der Waals surface area contributed by atoms with Gasteiger partial charge < -0.3 is 14.8 Å². The molecule has 0 radical (unpaired) electrons. The summed E-state index contributed by atoms with van der Waals surface area (Å²) in [5, 5.41) is 2.72. The highest BCUT2D eigenvalue weighted by Gasteiger charge is 2.14. The Morgan fingerprint density at radius 3 is 2.48 bits per heavy atom. The van der Waals surface area contributed by atoms with Gasteiger partial charge >= 0.3 is 0 Å². The highest BCUT2D eigenvalue weighted by atomic mass is 32.2. The second kappa shape index (κ2) is 8.41. The van der Waals surface area contributed by atoms with Gasteiger partial charge in [0.25, 0.3) is 0 Å². The van der Waals surface area contributed by atoms with E-state index in [1.807, 2.05) is 19.1 Å². The molecule has 8 heteroatoms. The monoisotopic (exact) mass is 390 g/mol. The van der Waals surface area contributed by atoms with Crippen LogP contribution in [0.3, 0.4) is 0 Å². The smallest absolute Gasteiger partial charge is 0.225 e. The van der Waals surface area contributed by atoms with Gasteiger partial charge in [0.15, 0.2) is 11.5 Å². The summed E-state index contributed by atoms with van der Waals surface area (Å²) in [5.74, 6) is 0.822. The molecule has 1 amide bonds. The Bertz CT molecular complexity index is 910. The second-order valence-corrected chi connectivity index (χ2v) is 8.10. The molecule has 0 spiro atoms. The maximum absolute atomic E-state index is 12.1. The number of anilines is 1. The molecule has 0 bridgehead atoms. The van der Waals surface area contributed by atoms with Crippen LogP contribution in [0.25, 0.3) is 0 Å². The molecule has 0 aromatic heterocycles. The van der Waals surface area contributed by atoms with Crippen molar-refractivity contribution in [1.29, 1.82) is 0 Å². The number of nitrogens with one attached hydrogen (secondary N) is 2. The molecule has 0 unspecified atom stereocenters. The third kappa shape index (κ3) is 5.70. The molecule has 0 saturated heterocycles. The van der Waals surface area contributed by atoms with Crippen LogP contribution in [0.5, 0.6) is 11.5 Å². The molecule has 2 aromatic rings. The van der Waals surface area contributed by atoms with E-state index >= 15 is 0 Å². The number of aryl methyl sites for hydroxylation is 1. The molecule has 0 fully saturated rings. The molecule has 0 aliphatic carbocycles.